The summed E-state index contributed by atoms with van der Waals surface area (Å²) in [6.45, 7) is 16.3. The lowest BCUT2D eigenvalue weighted by atomic mass is 9.74. The third-order valence-electron chi connectivity index (χ3n) is 14.7. The minimum atomic E-state index is -0.271. The van der Waals surface area contributed by atoms with Crippen molar-refractivity contribution in [2.24, 2.45) is 0 Å². The van der Waals surface area contributed by atoms with Gasteiger partial charge in [-0.2, -0.15) is 0 Å². The zero-order chi connectivity index (χ0) is 47.5. The molecular weight excluding hydrogens is 831 g/mol. The molecule has 69 heavy (non-hydrogen) atoms. The van der Waals surface area contributed by atoms with E-state index in [0.717, 1.165) is 17.1 Å². The highest BCUT2D eigenvalue weighted by molar-refractivity contribution is 6.09. The first-order chi connectivity index (χ1) is 33.4. The molecule has 0 bridgehead atoms. The molecule has 0 aliphatic heterocycles. The molecule has 10 aromatic carbocycles. The number of anilines is 3. The Morgan fingerprint density at radius 3 is 1.48 bits per heavy atom. The highest BCUT2D eigenvalue weighted by atomic mass is 15.1. The third-order valence-corrected chi connectivity index (χ3v) is 14.7. The van der Waals surface area contributed by atoms with Crippen LogP contribution in [0.25, 0.3) is 66.4 Å². The van der Waals surface area contributed by atoms with E-state index in [0.29, 0.717) is 0 Å². The molecule has 1 aliphatic rings. The predicted octanol–water partition coefficient (Wildman–Crippen LogP) is 18.9. The number of hydrogen-bond acceptors (Lipinski definition) is 1. The van der Waals surface area contributed by atoms with E-state index >= 15 is 0 Å². The number of fused-ring (bicyclic) bond motifs is 4. The highest BCUT2D eigenvalue weighted by Crippen LogP contribution is 2.55. The van der Waals surface area contributed by atoms with Gasteiger partial charge in [-0.1, -0.05) is 248 Å². The monoisotopic (exact) mass is 889 g/mol. The molecule has 0 saturated carbocycles. The molecule has 1 unspecified atom stereocenters. The van der Waals surface area contributed by atoms with Crippen molar-refractivity contribution in [3.05, 3.63) is 258 Å². The van der Waals surface area contributed by atoms with Crippen molar-refractivity contribution in [2.75, 3.05) is 4.90 Å². The number of nitrogens with zero attached hydrogens (tertiary/aromatic N) is 1. The maximum atomic E-state index is 2.51. The predicted molar refractivity (Wildman–Crippen MR) is 295 cm³/mol. The number of benzene rings is 10. The van der Waals surface area contributed by atoms with Crippen molar-refractivity contribution in [3.8, 4) is 55.6 Å². The molecule has 0 radical (unpaired) electrons. The molecule has 11 rings (SSSR count). The SMILES string of the molecule is CC(C)(C)c1cc(-c2ccccc2N(c2ccc(-c3cccc4c3-c3ccccc3C4(C)c3ccccc3)cc2)c2ccccc2-c2cccc3cccc(-c4ccccc4)c23)cc(C(C)(C)C)c1. The first-order valence-corrected chi connectivity index (χ1v) is 24.5. The van der Waals surface area contributed by atoms with E-state index in [2.05, 4.69) is 284 Å². The fourth-order valence-electron chi connectivity index (χ4n) is 10.9. The molecule has 0 saturated heterocycles. The van der Waals surface area contributed by atoms with Crippen LogP contribution in [-0.2, 0) is 16.2 Å². The number of rotatable bonds is 8. The maximum absolute atomic E-state index is 2.51. The van der Waals surface area contributed by atoms with Crippen LogP contribution >= 0.6 is 0 Å². The zero-order valence-corrected chi connectivity index (χ0v) is 40.9. The van der Waals surface area contributed by atoms with Gasteiger partial charge in [0.2, 0.25) is 0 Å². The molecule has 0 fully saturated rings. The van der Waals surface area contributed by atoms with Crippen molar-refractivity contribution in [1.82, 2.24) is 0 Å². The average Bonchev–Trinajstić information content (AvgIpc) is 3.65. The van der Waals surface area contributed by atoms with E-state index in [1.54, 1.807) is 0 Å². The summed E-state index contributed by atoms with van der Waals surface area (Å²) in [5.74, 6) is 0. The standard InChI is InChI=1S/C68H59N/c1-66(2,3)51-43-49(44-52(45-51)67(4,5)6)54-29-15-18-37-62(54)69(63-38-19-16-30-57(63)58-34-21-26-48-25-20-32-55(64(48)58)46-23-10-8-11-24-46)53-41-39-47(40-42-53)56-33-22-36-61-65(56)59-31-14-17-35-60(59)68(61,7)50-27-12-9-13-28-50/h8-45H,1-7H3. The molecule has 1 atom stereocenters. The molecule has 1 nitrogen and oxygen atoms in total. The first kappa shape index (κ1) is 43.8. The van der Waals surface area contributed by atoms with Crippen LogP contribution in [0.3, 0.4) is 0 Å². The summed E-state index contributed by atoms with van der Waals surface area (Å²) in [4.78, 5) is 2.51. The molecule has 0 spiro atoms. The van der Waals surface area contributed by atoms with E-state index in [-0.39, 0.29) is 16.2 Å². The second-order valence-corrected chi connectivity index (χ2v) is 21.1. The first-order valence-electron chi connectivity index (χ1n) is 24.5. The second-order valence-electron chi connectivity index (χ2n) is 21.1. The van der Waals surface area contributed by atoms with Gasteiger partial charge in [0.05, 0.1) is 11.4 Å². The highest BCUT2D eigenvalue weighted by Gasteiger charge is 2.41. The summed E-state index contributed by atoms with van der Waals surface area (Å²) in [6, 6.07) is 85.8. The van der Waals surface area contributed by atoms with Gasteiger partial charge in [-0.25, -0.2) is 0 Å². The van der Waals surface area contributed by atoms with E-state index in [1.807, 2.05) is 0 Å². The van der Waals surface area contributed by atoms with Crippen LogP contribution in [0.2, 0.25) is 0 Å². The Morgan fingerprint density at radius 1 is 0.348 bits per heavy atom. The molecular formula is C68H59N. The number of para-hydroxylation sites is 2. The topological polar surface area (TPSA) is 3.24 Å². The molecule has 336 valence electrons. The van der Waals surface area contributed by atoms with E-state index in [1.165, 1.54) is 94.2 Å². The maximum Gasteiger partial charge on any atom is 0.0540 e. The van der Waals surface area contributed by atoms with Crippen molar-refractivity contribution < 1.29 is 0 Å². The van der Waals surface area contributed by atoms with Crippen molar-refractivity contribution in [1.29, 1.82) is 0 Å². The molecule has 0 aromatic heterocycles. The molecule has 10 aromatic rings. The van der Waals surface area contributed by atoms with Crippen molar-refractivity contribution in [3.63, 3.8) is 0 Å². The molecule has 1 aliphatic carbocycles. The smallest absolute Gasteiger partial charge is 0.0540 e. The van der Waals surface area contributed by atoms with E-state index in [4.69, 9.17) is 0 Å². The fourth-order valence-corrected chi connectivity index (χ4v) is 10.9. The molecule has 0 amide bonds. The average molecular weight is 890 g/mol. The third kappa shape index (κ3) is 7.67. The van der Waals surface area contributed by atoms with Gasteiger partial charge in [0.15, 0.2) is 0 Å². The lowest BCUT2D eigenvalue weighted by molar-refractivity contribution is 0.569. The lowest BCUT2D eigenvalue weighted by Crippen LogP contribution is -2.22. The van der Waals surface area contributed by atoms with Gasteiger partial charge in [-0.05, 0) is 125 Å². The van der Waals surface area contributed by atoms with Gasteiger partial charge >= 0.3 is 0 Å². The quantitative estimate of drug-likeness (QED) is 0.147. The number of hydrogen-bond donors (Lipinski definition) is 0. The summed E-state index contributed by atoms with van der Waals surface area (Å²) >= 11 is 0. The summed E-state index contributed by atoms with van der Waals surface area (Å²) in [5, 5.41) is 2.46. The molecule has 0 heterocycles. The molecule has 1 heteroatoms. The Labute approximate surface area is 409 Å². The minimum Gasteiger partial charge on any atom is -0.309 e. The minimum absolute atomic E-state index is 0.0332. The Morgan fingerprint density at radius 2 is 0.826 bits per heavy atom. The summed E-state index contributed by atoms with van der Waals surface area (Å²) in [5.41, 5.74) is 21.9. The van der Waals surface area contributed by atoms with Gasteiger partial charge in [0.25, 0.3) is 0 Å². The van der Waals surface area contributed by atoms with Crippen LogP contribution in [-0.4, -0.2) is 0 Å². The van der Waals surface area contributed by atoms with Crippen LogP contribution in [0.15, 0.2) is 231 Å². The van der Waals surface area contributed by atoms with Crippen molar-refractivity contribution in [2.45, 2.75) is 64.7 Å². The summed E-state index contributed by atoms with van der Waals surface area (Å²) in [7, 11) is 0. The van der Waals surface area contributed by atoms with E-state index in [9.17, 15) is 0 Å². The van der Waals surface area contributed by atoms with Crippen LogP contribution < -0.4 is 4.90 Å². The summed E-state index contributed by atoms with van der Waals surface area (Å²) in [6.07, 6.45) is 0. The fraction of sp³-hybridized carbons (Fsp3) is 0.147. The Balaban J connectivity index is 1.13. The van der Waals surface area contributed by atoms with Crippen LogP contribution in [0.1, 0.15) is 76.3 Å². The van der Waals surface area contributed by atoms with Gasteiger partial charge in [-0.15, -0.1) is 0 Å². The van der Waals surface area contributed by atoms with Gasteiger partial charge in [-0.3, -0.25) is 0 Å². The van der Waals surface area contributed by atoms with E-state index < -0.39 is 0 Å². The lowest BCUT2D eigenvalue weighted by Gasteiger charge is -2.31. The zero-order valence-electron chi connectivity index (χ0n) is 40.9. The van der Waals surface area contributed by atoms with Crippen LogP contribution in [0.5, 0.6) is 0 Å². The normalized spacial score (nSPS) is 14.4. The van der Waals surface area contributed by atoms with Crippen LogP contribution in [0, 0.1) is 0 Å². The molecule has 0 N–H and O–H groups in total. The Kier molecular flexibility index (Phi) is 10.9. The summed E-state index contributed by atoms with van der Waals surface area (Å²) < 4.78 is 0. The Bertz CT molecular complexity index is 3470. The van der Waals surface area contributed by atoms with Crippen LogP contribution in [0.4, 0.5) is 17.1 Å². The van der Waals surface area contributed by atoms with Crippen molar-refractivity contribution >= 4 is 27.8 Å². The second kappa shape index (κ2) is 17.1. The van der Waals surface area contributed by atoms with Gasteiger partial charge in [0, 0.05) is 22.2 Å². The Hall–Kier alpha value is -7.74. The van der Waals surface area contributed by atoms with Gasteiger partial charge in [0.1, 0.15) is 0 Å². The van der Waals surface area contributed by atoms with Gasteiger partial charge < -0.3 is 4.90 Å². The largest absolute Gasteiger partial charge is 0.309 e.